The second-order valence-corrected chi connectivity index (χ2v) is 4.91. The lowest BCUT2D eigenvalue weighted by atomic mass is 10.1. The first-order chi connectivity index (χ1) is 8.16. The monoisotopic (exact) mass is 294 g/mol. The number of aryl methyl sites for hydroxylation is 2. The van der Waals surface area contributed by atoms with Crippen molar-refractivity contribution in [2.45, 2.75) is 20.0 Å². The van der Waals surface area contributed by atoms with E-state index in [0.29, 0.717) is 0 Å². The Kier molecular flexibility index (Phi) is 3.91. The molecule has 5 heteroatoms. The third kappa shape index (κ3) is 3.14. The molecular formula is C12H15BrN4. The Morgan fingerprint density at radius 2 is 2.18 bits per heavy atom. The summed E-state index contributed by atoms with van der Waals surface area (Å²) in [5, 5.41) is 11.2. The van der Waals surface area contributed by atoms with E-state index < -0.39 is 0 Å². The average Bonchev–Trinajstić information content (AvgIpc) is 2.68. The zero-order chi connectivity index (χ0) is 12.3. The molecule has 0 aliphatic rings. The van der Waals surface area contributed by atoms with Crippen LogP contribution in [-0.4, -0.2) is 14.8 Å². The summed E-state index contributed by atoms with van der Waals surface area (Å²) in [7, 11) is 1.94. The number of hydrogen-bond donors (Lipinski definition) is 1. The fourth-order valence-corrected chi connectivity index (χ4v) is 2.21. The molecule has 1 aromatic carbocycles. The number of halogens is 1. The van der Waals surface area contributed by atoms with E-state index in [1.807, 2.05) is 11.6 Å². The summed E-state index contributed by atoms with van der Waals surface area (Å²) in [5.74, 6) is 0.938. The van der Waals surface area contributed by atoms with Gasteiger partial charge in [0.15, 0.2) is 0 Å². The first kappa shape index (κ1) is 12.3. The summed E-state index contributed by atoms with van der Waals surface area (Å²) in [6.07, 6.45) is 1.71. The second-order valence-electron chi connectivity index (χ2n) is 4.06. The highest BCUT2D eigenvalue weighted by molar-refractivity contribution is 9.10. The van der Waals surface area contributed by atoms with Gasteiger partial charge in [0.1, 0.15) is 12.2 Å². The molecule has 4 nitrogen and oxygen atoms in total. The van der Waals surface area contributed by atoms with Crippen LogP contribution >= 0.6 is 15.9 Å². The SMILES string of the molecule is Cc1ccc(CNCc2nncn2C)c(Br)c1. The van der Waals surface area contributed by atoms with Gasteiger partial charge in [-0.1, -0.05) is 28.1 Å². The van der Waals surface area contributed by atoms with Crippen LogP contribution in [0, 0.1) is 6.92 Å². The van der Waals surface area contributed by atoms with E-state index in [2.05, 4.69) is 56.6 Å². The molecule has 1 heterocycles. The molecule has 0 aliphatic carbocycles. The smallest absolute Gasteiger partial charge is 0.146 e. The molecule has 17 heavy (non-hydrogen) atoms. The van der Waals surface area contributed by atoms with Gasteiger partial charge in [-0.2, -0.15) is 0 Å². The minimum absolute atomic E-state index is 0.719. The summed E-state index contributed by atoms with van der Waals surface area (Å²) in [4.78, 5) is 0. The average molecular weight is 295 g/mol. The van der Waals surface area contributed by atoms with Crippen molar-refractivity contribution < 1.29 is 0 Å². The number of benzene rings is 1. The predicted octanol–water partition coefficient (Wildman–Crippen LogP) is 2.18. The predicted molar refractivity (Wildman–Crippen MR) is 70.4 cm³/mol. The van der Waals surface area contributed by atoms with Gasteiger partial charge in [-0.25, -0.2) is 0 Å². The molecule has 0 spiro atoms. The Labute approximate surface area is 109 Å². The Hall–Kier alpha value is -1.20. The third-order valence-electron chi connectivity index (χ3n) is 2.61. The Bertz CT molecular complexity index is 507. The van der Waals surface area contributed by atoms with Gasteiger partial charge in [0.05, 0.1) is 6.54 Å². The first-order valence-electron chi connectivity index (χ1n) is 5.45. The number of nitrogens with zero attached hydrogens (tertiary/aromatic N) is 3. The highest BCUT2D eigenvalue weighted by atomic mass is 79.9. The van der Waals surface area contributed by atoms with Crippen LogP contribution in [0.25, 0.3) is 0 Å². The lowest BCUT2D eigenvalue weighted by Crippen LogP contribution is -2.16. The van der Waals surface area contributed by atoms with Gasteiger partial charge < -0.3 is 9.88 Å². The van der Waals surface area contributed by atoms with E-state index in [-0.39, 0.29) is 0 Å². The number of aromatic nitrogens is 3. The van der Waals surface area contributed by atoms with E-state index in [0.717, 1.165) is 23.4 Å². The van der Waals surface area contributed by atoms with Gasteiger partial charge in [0.25, 0.3) is 0 Å². The summed E-state index contributed by atoms with van der Waals surface area (Å²) in [6, 6.07) is 6.37. The zero-order valence-corrected chi connectivity index (χ0v) is 11.5. The van der Waals surface area contributed by atoms with Crippen molar-refractivity contribution in [3.05, 3.63) is 46.0 Å². The molecular weight excluding hydrogens is 280 g/mol. The van der Waals surface area contributed by atoms with E-state index in [9.17, 15) is 0 Å². The van der Waals surface area contributed by atoms with Crippen LogP contribution in [0.2, 0.25) is 0 Å². The highest BCUT2D eigenvalue weighted by Crippen LogP contribution is 2.18. The number of hydrogen-bond acceptors (Lipinski definition) is 3. The molecule has 2 rings (SSSR count). The molecule has 1 aromatic heterocycles. The van der Waals surface area contributed by atoms with Crippen LogP contribution in [0.5, 0.6) is 0 Å². The maximum atomic E-state index is 4.02. The van der Waals surface area contributed by atoms with Gasteiger partial charge in [-0.3, -0.25) is 0 Å². The first-order valence-corrected chi connectivity index (χ1v) is 6.25. The van der Waals surface area contributed by atoms with Gasteiger partial charge in [-0.15, -0.1) is 10.2 Å². The lowest BCUT2D eigenvalue weighted by molar-refractivity contribution is 0.636. The normalized spacial score (nSPS) is 10.8. The molecule has 0 radical (unpaired) electrons. The molecule has 0 aliphatic heterocycles. The molecule has 0 fully saturated rings. The van der Waals surface area contributed by atoms with Crippen molar-refractivity contribution in [3.63, 3.8) is 0 Å². The topological polar surface area (TPSA) is 42.7 Å². The number of nitrogens with one attached hydrogen (secondary N) is 1. The van der Waals surface area contributed by atoms with Crippen molar-refractivity contribution in [3.8, 4) is 0 Å². The van der Waals surface area contributed by atoms with Gasteiger partial charge in [0.2, 0.25) is 0 Å². The molecule has 0 saturated heterocycles. The van der Waals surface area contributed by atoms with Crippen molar-refractivity contribution >= 4 is 15.9 Å². The number of rotatable bonds is 4. The standard InChI is InChI=1S/C12H15BrN4/c1-9-3-4-10(11(13)5-9)6-14-7-12-16-15-8-17(12)2/h3-5,8,14H,6-7H2,1-2H3. The Balaban J connectivity index is 1.92. The second kappa shape index (κ2) is 5.42. The van der Waals surface area contributed by atoms with Crippen molar-refractivity contribution in [1.82, 2.24) is 20.1 Å². The van der Waals surface area contributed by atoms with Crippen LogP contribution < -0.4 is 5.32 Å². The van der Waals surface area contributed by atoms with Gasteiger partial charge in [0, 0.05) is 18.1 Å². The minimum Gasteiger partial charge on any atom is -0.320 e. The third-order valence-corrected chi connectivity index (χ3v) is 3.35. The lowest BCUT2D eigenvalue weighted by Gasteiger charge is -2.07. The highest BCUT2D eigenvalue weighted by Gasteiger charge is 2.02. The molecule has 2 aromatic rings. The van der Waals surface area contributed by atoms with Crippen LogP contribution in [0.15, 0.2) is 29.0 Å². The maximum absolute atomic E-state index is 4.02. The molecule has 0 atom stereocenters. The fourth-order valence-electron chi connectivity index (χ4n) is 1.57. The maximum Gasteiger partial charge on any atom is 0.146 e. The minimum atomic E-state index is 0.719. The van der Waals surface area contributed by atoms with Gasteiger partial charge in [-0.05, 0) is 24.1 Å². The van der Waals surface area contributed by atoms with Gasteiger partial charge >= 0.3 is 0 Å². The van der Waals surface area contributed by atoms with E-state index in [1.165, 1.54) is 11.1 Å². The largest absolute Gasteiger partial charge is 0.320 e. The summed E-state index contributed by atoms with van der Waals surface area (Å²) < 4.78 is 3.06. The quantitative estimate of drug-likeness (QED) is 0.940. The summed E-state index contributed by atoms with van der Waals surface area (Å²) in [6.45, 7) is 3.62. The Morgan fingerprint density at radius 1 is 1.35 bits per heavy atom. The molecule has 0 saturated carbocycles. The Morgan fingerprint density at radius 3 is 2.82 bits per heavy atom. The molecule has 0 unspecified atom stereocenters. The van der Waals surface area contributed by atoms with Crippen LogP contribution in [0.1, 0.15) is 17.0 Å². The molecule has 90 valence electrons. The van der Waals surface area contributed by atoms with Crippen molar-refractivity contribution in [2.75, 3.05) is 0 Å². The van der Waals surface area contributed by atoms with Crippen molar-refractivity contribution in [1.29, 1.82) is 0 Å². The molecule has 0 amide bonds. The van der Waals surface area contributed by atoms with Crippen LogP contribution in [0.4, 0.5) is 0 Å². The zero-order valence-electron chi connectivity index (χ0n) is 9.94. The molecule has 0 bridgehead atoms. The fraction of sp³-hybridized carbons (Fsp3) is 0.333. The van der Waals surface area contributed by atoms with Crippen LogP contribution in [-0.2, 0) is 20.1 Å². The molecule has 1 N–H and O–H groups in total. The summed E-state index contributed by atoms with van der Waals surface area (Å²) >= 11 is 3.57. The van der Waals surface area contributed by atoms with Crippen molar-refractivity contribution in [2.24, 2.45) is 7.05 Å². The van der Waals surface area contributed by atoms with Crippen LogP contribution in [0.3, 0.4) is 0 Å². The van der Waals surface area contributed by atoms with E-state index in [4.69, 9.17) is 0 Å². The summed E-state index contributed by atoms with van der Waals surface area (Å²) in [5.41, 5.74) is 2.51. The van der Waals surface area contributed by atoms with E-state index in [1.54, 1.807) is 6.33 Å². The van der Waals surface area contributed by atoms with E-state index >= 15 is 0 Å².